The van der Waals surface area contributed by atoms with Gasteiger partial charge >= 0.3 is 0 Å². The molecular formula is C15H18N4O2. The fourth-order valence-electron chi connectivity index (χ4n) is 2.22. The van der Waals surface area contributed by atoms with E-state index in [4.69, 9.17) is 0 Å². The van der Waals surface area contributed by atoms with Crippen molar-refractivity contribution in [3.8, 4) is 0 Å². The number of hydrogen-bond donors (Lipinski definition) is 1. The van der Waals surface area contributed by atoms with Crippen LogP contribution in [0.2, 0.25) is 0 Å². The van der Waals surface area contributed by atoms with Crippen LogP contribution in [-0.4, -0.2) is 28.9 Å². The van der Waals surface area contributed by atoms with Gasteiger partial charge < -0.3 is 5.32 Å². The highest BCUT2D eigenvalue weighted by molar-refractivity contribution is 5.55. The van der Waals surface area contributed by atoms with E-state index < -0.39 is 0 Å². The van der Waals surface area contributed by atoms with E-state index in [0.717, 1.165) is 23.4 Å². The van der Waals surface area contributed by atoms with Crippen molar-refractivity contribution in [2.75, 3.05) is 19.4 Å². The number of nitrogens with zero attached hydrogens (tertiary/aromatic N) is 3. The predicted octanol–water partition coefficient (Wildman–Crippen LogP) is 2.66. The lowest BCUT2D eigenvalue weighted by Crippen LogP contribution is -2.18. The summed E-state index contributed by atoms with van der Waals surface area (Å²) in [5, 5.41) is 14.0. The second-order valence-corrected chi connectivity index (χ2v) is 4.88. The summed E-state index contributed by atoms with van der Waals surface area (Å²) in [4.78, 5) is 16.7. The molecule has 6 heteroatoms. The van der Waals surface area contributed by atoms with E-state index in [-0.39, 0.29) is 10.6 Å². The fourth-order valence-corrected chi connectivity index (χ4v) is 2.22. The lowest BCUT2D eigenvalue weighted by molar-refractivity contribution is -0.384. The first-order valence-corrected chi connectivity index (χ1v) is 6.62. The van der Waals surface area contributed by atoms with Crippen LogP contribution in [0.15, 0.2) is 42.7 Å². The van der Waals surface area contributed by atoms with Crippen LogP contribution in [0, 0.1) is 10.1 Å². The van der Waals surface area contributed by atoms with Gasteiger partial charge in [-0.05, 0) is 30.3 Å². The van der Waals surface area contributed by atoms with Crippen LogP contribution in [0.3, 0.4) is 0 Å². The van der Waals surface area contributed by atoms with Gasteiger partial charge in [-0.25, -0.2) is 0 Å². The largest absolute Gasteiger partial charge is 0.388 e. The van der Waals surface area contributed by atoms with Crippen molar-refractivity contribution >= 4 is 11.4 Å². The lowest BCUT2D eigenvalue weighted by atomic mass is 10.1. The summed E-state index contributed by atoms with van der Waals surface area (Å²) in [6, 6.07) is 8.78. The predicted molar refractivity (Wildman–Crippen MR) is 82.1 cm³/mol. The fraction of sp³-hybridized carbons (Fsp3) is 0.267. The number of hydrogen-bond acceptors (Lipinski definition) is 5. The number of rotatable bonds is 6. The molecule has 0 saturated heterocycles. The molecule has 0 atom stereocenters. The van der Waals surface area contributed by atoms with E-state index in [0.29, 0.717) is 6.54 Å². The monoisotopic (exact) mass is 286 g/mol. The Kier molecular flexibility index (Phi) is 4.84. The second-order valence-electron chi connectivity index (χ2n) is 4.88. The molecule has 0 amide bonds. The summed E-state index contributed by atoms with van der Waals surface area (Å²) in [6.07, 6.45) is 3.56. The first-order valence-electron chi connectivity index (χ1n) is 6.62. The standard InChI is InChI=1S/C15H18N4O2/c1-16-15-6-5-14(19(20)21)8-13(15)11-18(2)10-12-4-3-7-17-9-12/h3-9,16H,10-11H2,1-2H3. The highest BCUT2D eigenvalue weighted by Crippen LogP contribution is 2.23. The number of aromatic nitrogens is 1. The molecule has 2 aromatic rings. The van der Waals surface area contributed by atoms with Gasteiger partial charge in [0.1, 0.15) is 0 Å². The summed E-state index contributed by atoms with van der Waals surface area (Å²) in [6.45, 7) is 1.35. The van der Waals surface area contributed by atoms with Gasteiger partial charge in [0, 0.05) is 50.4 Å². The van der Waals surface area contributed by atoms with Crippen LogP contribution in [-0.2, 0) is 13.1 Å². The highest BCUT2D eigenvalue weighted by Gasteiger charge is 2.12. The summed E-state index contributed by atoms with van der Waals surface area (Å²) in [5.41, 5.74) is 3.02. The minimum absolute atomic E-state index is 0.110. The van der Waals surface area contributed by atoms with E-state index in [9.17, 15) is 10.1 Å². The summed E-state index contributed by atoms with van der Waals surface area (Å²) in [7, 11) is 3.79. The molecule has 0 bridgehead atoms. The molecule has 0 radical (unpaired) electrons. The summed E-state index contributed by atoms with van der Waals surface area (Å²) >= 11 is 0. The first-order chi connectivity index (χ1) is 10.1. The minimum Gasteiger partial charge on any atom is -0.388 e. The van der Waals surface area contributed by atoms with Crippen LogP contribution in [0.4, 0.5) is 11.4 Å². The van der Waals surface area contributed by atoms with Gasteiger partial charge in [-0.2, -0.15) is 0 Å². The molecule has 0 aliphatic rings. The van der Waals surface area contributed by atoms with Crippen LogP contribution in [0.25, 0.3) is 0 Å². The molecule has 0 saturated carbocycles. The lowest BCUT2D eigenvalue weighted by Gasteiger charge is -2.18. The average molecular weight is 286 g/mol. The Labute approximate surface area is 123 Å². The third kappa shape index (κ3) is 4.00. The molecular weight excluding hydrogens is 268 g/mol. The van der Waals surface area contributed by atoms with Crippen molar-refractivity contribution in [3.05, 3.63) is 64.0 Å². The van der Waals surface area contributed by atoms with E-state index >= 15 is 0 Å². The normalized spacial score (nSPS) is 10.6. The molecule has 1 heterocycles. The quantitative estimate of drug-likeness (QED) is 0.653. The third-order valence-electron chi connectivity index (χ3n) is 3.18. The Hall–Kier alpha value is -2.47. The summed E-state index contributed by atoms with van der Waals surface area (Å²) < 4.78 is 0. The molecule has 0 aliphatic heterocycles. The first kappa shape index (κ1) is 14.9. The van der Waals surface area contributed by atoms with Gasteiger partial charge in [-0.15, -0.1) is 0 Å². The maximum Gasteiger partial charge on any atom is 0.269 e. The van der Waals surface area contributed by atoms with Crippen molar-refractivity contribution in [3.63, 3.8) is 0 Å². The van der Waals surface area contributed by atoms with Crippen molar-refractivity contribution in [1.29, 1.82) is 0 Å². The zero-order valence-corrected chi connectivity index (χ0v) is 12.1. The number of anilines is 1. The molecule has 0 fully saturated rings. The molecule has 0 aliphatic carbocycles. The molecule has 0 unspecified atom stereocenters. The molecule has 21 heavy (non-hydrogen) atoms. The van der Waals surface area contributed by atoms with Crippen LogP contribution in [0.1, 0.15) is 11.1 Å². The molecule has 1 aromatic carbocycles. The molecule has 6 nitrogen and oxygen atoms in total. The van der Waals surface area contributed by atoms with Crippen molar-refractivity contribution in [2.24, 2.45) is 0 Å². The third-order valence-corrected chi connectivity index (χ3v) is 3.18. The average Bonchev–Trinajstić information content (AvgIpc) is 2.48. The van der Waals surface area contributed by atoms with Crippen LogP contribution >= 0.6 is 0 Å². The van der Waals surface area contributed by atoms with Gasteiger partial charge in [0.05, 0.1) is 4.92 Å². The van der Waals surface area contributed by atoms with Crippen molar-refractivity contribution in [2.45, 2.75) is 13.1 Å². The minimum atomic E-state index is -0.371. The van der Waals surface area contributed by atoms with Crippen molar-refractivity contribution in [1.82, 2.24) is 9.88 Å². The van der Waals surface area contributed by atoms with Crippen LogP contribution in [0.5, 0.6) is 0 Å². The topological polar surface area (TPSA) is 71.3 Å². The van der Waals surface area contributed by atoms with Gasteiger partial charge in [0.15, 0.2) is 0 Å². The maximum absolute atomic E-state index is 10.9. The highest BCUT2D eigenvalue weighted by atomic mass is 16.6. The smallest absolute Gasteiger partial charge is 0.269 e. The second kappa shape index (κ2) is 6.81. The summed E-state index contributed by atoms with van der Waals surface area (Å²) in [5.74, 6) is 0. The van der Waals surface area contributed by atoms with Crippen LogP contribution < -0.4 is 5.32 Å². The number of nitro groups is 1. The number of benzene rings is 1. The van der Waals surface area contributed by atoms with Gasteiger partial charge in [-0.3, -0.25) is 20.0 Å². The Bertz CT molecular complexity index is 616. The Morgan fingerprint density at radius 1 is 1.33 bits per heavy atom. The molecule has 1 aromatic heterocycles. The maximum atomic E-state index is 10.9. The van der Waals surface area contributed by atoms with Crippen molar-refractivity contribution < 1.29 is 4.92 Å². The Morgan fingerprint density at radius 2 is 2.14 bits per heavy atom. The van der Waals surface area contributed by atoms with Gasteiger partial charge in [0.2, 0.25) is 0 Å². The van der Waals surface area contributed by atoms with Gasteiger partial charge in [0.25, 0.3) is 5.69 Å². The Balaban J connectivity index is 2.13. The molecule has 0 spiro atoms. The SMILES string of the molecule is CNc1ccc([N+](=O)[O-])cc1CN(C)Cc1cccnc1. The van der Waals surface area contributed by atoms with E-state index in [2.05, 4.69) is 15.2 Å². The zero-order chi connectivity index (χ0) is 15.2. The molecule has 1 N–H and O–H groups in total. The number of pyridine rings is 1. The van der Waals surface area contributed by atoms with E-state index in [1.54, 1.807) is 18.3 Å². The number of nitro benzene ring substituents is 1. The molecule has 2 rings (SSSR count). The van der Waals surface area contributed by atoms with Gasteiger partial charge in [-0.1, -0.05) is 6.07 Å². The molecule has 110 valence electrons. The van der Waals surface area contributed by atoms with E-state index in [1.165, 1.54) is 6.07 Å². The number of nitrogens with one attached hydrogen (secondary N) is 1. The number of non-ortho nitro benzene ring substituents is 1. The zero-order valence-electron chi connectivity index (χ0n) is 12.1. The Morgan fingerprint density at radius 3 is 2.76 bits per heavy atom. The van der Waals surface area contributed by atoms with E-state index in [1.807, 2.05) is 32.4 Å².